The molecule has 0 aliphatic carbocycles. The number of allylic oxidation sites excluding steroid dienone is 2. The van der Waals surface area contributed by atoms with E-state index >= 15 is 0 Å². The van der Waals surface area contributed by atoms with E-state index in [9.17, 15) is 5.11 Å². The molecule has 0 radical (unpaired) electrons. The molecule has 0 saturated carbocycles. The average molecular weight is 272 g/mol. The van der Waals surface area contributed by atoms with Gasteiger partial charge in [0.15, 0.2) is 0 Å². The summed E-state index contributed by atoms with van der Waals surface area (Å²) in [6.07, 6.45) is 9.30. The molecular formula is C12H20OZr+4. The number of aliphatic hydroxyl groups excluding tert-OH is 1. The number of rotatable bonds is 8. The topological polar surface area (TPSA) is 20.2 Å². The zero-order chi connectivity index (χ0) is 10.2. The van der Waals surface area contributed by atoms with Crippen molar-refractivity contribution in [1.82, 2.24) is 0 Å². The molecule has 1 nitrogen and oxygen atoms in total. The fourth-order valence-electron chi connectivity index (χ4n) is 1.33. The van der Waals surface area contributed by atoms with Gasteiger partial charge in [-0.25, -0.2) is 0 Å². The fraction of sp³-hybridized carbons (Fsp3) is 0.500. The number of hydrogen-bond donors (Lipinski definition) is 1. The first-order valence-corrected chi connectivity index (χ1v) is 4.71. The third-order valence-electron chi connectivity index (χ3n) is 2.44. The van der Waals surface area contributed by atoms with Crippen molar-refractivity contribution in [3.63, 3.8) is 0 Å². The molecule has 0 heterocycles. The van der Waals surface area contributed by atoms with Crippen molar-refractivity contribution >= 4 is 0 Å². The summed E-state index contributed by atoms with van der Waals surface area (Å²) in [5.41, 5.74) is -0.137. The molecule has 0 atom stereocenters. The first kappa shape index (κ1) is 16.5. The van der Waals surface area contributed by atoms with Crippen LogP contribution in [0.25, 0.3) is 0 Å². The van der Waals surface area contributed by atoms with Gasteiger partial charge in [0.25, 0.3) is 0 Å². The molecule has 0 aromatic rings. The standard InChI is InChI=1S/C12H20O.Zr/c1-4-7-9-12(6-3,11-13)10-8-5-2;/h4-6,13H,1-3,7-11H2;/q;+4. The van der Waals surface area contributed by atoms with E-state index in [0.29, 0.717) is 0 Å². The zero-order valence-electron chi connectivity index (χ0n) is 8.84. The predicted octanol–water partition coefficient (Wildman–Crippen LogP) is 3.08. The van der Waals surface area contributed by atoms with Crippen molar-refractivity contribution in [1.29, 1.82) is 0 Å². The molecule has 0 aliphatic rings. The third-order valence-corrected chi connectivity index (χ3v) is 2.44. The van der Waals surface area contributed by atoms with E-state index in [1.165, 1.54) is 0 Å². The first-order valence-electron chi connectivity index (χ1n) is 4.71. The summed E-state index contributed by atoms with van der Waals surface area (Å²) in [5, 5.41) is 9.29. The SMILES string of the molecule is C=CCCC(C=C)(CO)CCC=C.[Zr+4]. The van der Waals surface area contributed by atoms with Crippen LogP contribution in [0, 0.1) is 5.41 Å². The van der Waals surface area contributed by atoms with Crippen molar-refractivity contribution in [2.75, 3.05) is 6.61 Å². The van der Waals surface area contributed by atoms with E-state index in [2.05, 4.69) is 19.7 Å². The minimum atomic E-state index is -0.137. The Morgan fingerprint density at radius 3 is 1.64 bits per heavy atom. The molecule has 0 spiro atoms. The minimum Gasteiger partial charge on any atom is -0.395 e. The molecule has 74 valence electrons. The zero-order valence-corrected chi connectivity index (χ0v) is 11.3. The normalized spacial score (nSPS) is 10.1. The molecule has 14 heavy (non-hydrogen) atoms. The smallest absolute Gasteiger partial charge is 0.395 e. The van der Waals surface area contributed by atoms with Gasteiger partial charge in [0.2, 0.25) is 0 Å². The summed E-state index contributed by atoms with van der Waals surface area (Å²) in [6.45, 7) is 11.3. The molecule has 0 rings (SSSR count). The van der Waals surface area contributed by atoms with Gasteiger partial charge in [-0.1, -0.05) is 18.2 Å². The van der Waals surface area contributed by atoms with Gasteiger partial charge < -0.3 is 5.11 Å². The van der Waals surface area contributed by atoms with Crippen LogP contribution in [-0.2, 0) is 26.2 Å². The van der Waals surface area contributed by atoms with E-state index in [-0.39, 0.29) is 38.2 Å². The van der Waals surface area contributed by atoms with E-state index in [1.807, 2.05) is 18.2 Å². The summed E-state index contributed by atoms with van der Waals surface area (Å²) in [7, 11) is 0. The van der Waals surface area contributed by atoms with Gasteiger partial charge in [-0.3, -0.25) is 0 Å². The van der Waals surface area contributed by atoms with Gasteiger partial charge in [0.1, 0.15) is 0 Å². The Kier molecular flexibility index (Phi) is 11.3. The van der Waals surface area contributed by atoms with Gasteiger partial charge in [0.05, 0.1) is 6.61 Å². The van der Waals surface area contributed by atoms with E-state index in [4.69, 9.17) is 0 Å². The second-order valence-electron chi connectivity index (χ2n) is 3.38. The van der Waals surface area contributed by atoms with Gasteiger partial charge in [0, 0.05) is 5.41 Å². The summed E-state index contributed by atoms with van der Waals surface area (Å²) in [6, 6.07) is 0. The summed E-state index contributed by atoms with van der Waals surface area (Å²) in [5.74, 6) is 0. The Morgan fingerprint density at radius 2 is 1.43 bits per heavy atom. The van der Waals surface area contributed by atoms with Crippen LogP contribution in [0.3, 0.4) is 0 Å². The third kappa shape index (κ3) is 5.72. The molecule has 0 fully saturated rings. The van der Waals surface area contributed by atoms with Crippen LogP contribution < -0.4 is 0 Å². The monoisotopic (exact) mass is 270 g/mol. The number of aliphatic hydroxyl groups is 1. The van der Waals surface area contributed by atoms with Crippen LogP contribution in [-0.4, -0.2) is 11.7 Å². The fourth-order valence-corrected chi connectivity index (χ4v) is 1.33. The molecule has 0 aromatic heterocycles. The van der Waals surface area contributed by atoms with Gasteiger partial charge in [-0.05, 0) is 25.7 Å². The Balaban J connectivity index is 0. The van der Waals surface area contributed by atoms with Crippen molar-refractivity contribution < 1.29 is 31.3 Å². The molecule has 1 N–H and O–H groups in total. The van der Waals surface area contributed by atoms with Crippen molar-refractivity contribution in [2.24, 2.45) is 5.41 Å². The van der Waals surface area contributed by atoms with Crippen LogP contribution >= 0.6 is 0 Å². The van der Waals surface area contributed by atoms with Gasteiger partial charge in [-0.15, -0.1) is 19.7 Å². The molecular weight excluding hydrogens is 251 g/mol. The molecule has 0 aliphatic heterocycles. The van der Waals surface area contributed by atoms with E-state index in [0.717, 1.165) is 25.7 Å². The van der Waals surface area contributed by atoms with Crippen molar-refractivity contribution in [2.45, 2.75) is 25.7 Å². The second kappa shape index (κ2) is 9.61. The Bertz CT molecular complexity index is 163. The largest absolute Gasteiger partial charge is 4.00 e. The van der Waals surface area contributed by atoms with Crippen LogP contribution in [0.4, 0.5) is 0 Å². The maximum atomic E-state index is 9.29. The summed E-state index contributed by atoms with van der Waals surface area (Å²) in [4.78, 5) is 0. The molecule has 0 saturated heterocycles. The van der Waals surface area contributed by atoms with Crippen molar-refractivity contribution in [3.05, 3.63) is 38.0 Å². The van der Waals surface area contributed by atoms with E-state index < -0.39 is 0 Å². The average Bonchev–Trinajstić information content (AvgIpc) is 2.20. The van der Waals surface area contributed by atoms with Crippen LogP contribution in [0.2, 0.25) is 0 Å². The van der Waals surface area contributed by atoms with Gasteiger partial charge in [-0.2, -0.15) is 0 Å². The first-order chi connectivity index (χ1) is 6.24. The van der Waals surface area contributed by atoms with Crippen LogP contribution in [0.5, 0.6) is 0 Å². The summed E-state index contributed by atoms with van der Waals surface area (Å²) < 4.78 is 0. The predicted molar refractivity (Wildman–Crippen MR) is 58.6 cm³/mol. The number of hydrogen-bond acceptors (Lipinski definition) is 1. The quantitative estimate of drug-likeness (QED) is 0.673. The molecule has 0 amide bonds. The van der Waals surface area contributed by atoms with Crippen LogP contribution in [0.1, 0.15) is 25.7 Å². The second-order valence-corrected chi connectivity index (χ2v) is 3.38. The summed E-state index contributed by atoms with van der Waals surface area (Å²) >= 11 is 0. The van der Waals surface area contributed by atoms with Gasteiger partial charge >= 0.3 is 26.2 Å². The molecule has 0 aromatic carbocycles. The molecule has 0 bridgehead atoms. The maximum absolute atomic E-state index is 9.29. The van der Waals surface area contributed by atoms with Crippen LogP contribution in [0.15, 0.2) is 38.0 Å². The Labute approximate surface area is 107 Å². The maximum Gasteiger partial charge on any atom is 4.00 e. The molecule has 2 heteroatoms. The Morgan fingerprint density at radius 1 is 1.00 bits per heavy atom. The molecule has 0 unspecified atom stereocenters. The minimum absolute atomic E-state index is 0. The van der Waals surface area contributed by atoms with E-state index in [1.54, 1.807) is 0 Å². The van der Waals surface area contributed by atoms with Crippen molar-refractivity contribution in [3.8, 4) is 0 Å². The Hall–Kier alpha value is 0.0631.